The molecule has 0 unspecified atom stereocenters. The lowest BCUT2D eigenvalue weighted by Gasteiger charge is -2.22. The molecule has 0 saturated carbocycles. The maximum Gasteiger partial charge on any atom is 0.254 e. The van der Waals surface area contributed by atoms with Gasteiger partial charge in [-0.15, -0.1) is 0 Å². The van der Waals surface area contributed by atoms with Gasteiger partial charge in [0, 0.05) is 31.7 Å². The Morgan fingerprint density at radius 1 is 0.931 bits per heavy atom. The van der Waals surface area contributed by atoms with Gasteiger partial charge in [0.15, 0.2) is 17.2 Å². The average molecular weight is 400 g/mol. The van der Waals surface area contributed by atoms with Crippen molar-refractivity contribution >= 4 is 11.8 Å². The number of phenolic OH excluding ortho intramolecular Hbond substituents is 3. The second-order valence-electron chi connectivity index (χ2n) is 6.91. The van der Waals surface area contributed by atoms with Gasteiger partial charge in [0.1, 0.15) is 5.75 Å². The number of hydrogen-bond donors (Lipinski definition) is 3. The number of phenols is 3. The molecule has 0 spiro atoms. The molecule has 3 rings (SSSR count). The molecule has 0 aromatic heterocycles. The van der Waals surface area contributed by atoms with Crippen LogP contribution in [-0.2, 0) is 11.2 Å². The first kappa shape index (κ1) is 20.3. The molecule has 1 aliphatic rings. The van der Waals surface area contributed by atoms with Crippen molar-refractivity contribution in [2.45, 2.75) is 12.8 Å². The minimum Gasteiger partial charge on any atom is -0.504 e. The zero-order valence-electron chi connectivity index (χ0n) is 16.2. The van der Waals surface area contributed by atoms with Crippen LogP contribution in [0.5, 0.6) is 23.0 Å². The molecule has 1 aliphatic heterocycles. The van der Waals surface area contributed by atoms with Crippen LogP contribution in [0, 0.1) is 0 Å². The molecule has 3 N–H and O–H groups in total. The predicted octanol–water partition coefficient (Wildman–Crippen LogP) is 1.73. The van der Waals surface area contributed by atoms with Gasteiger partial charge in [-0.3, -0.25) is 9.59 Å². The number of carbonyl (C=O) groups excluding carboxylic acids is 2. The van der Waals surface area contributed by atoms with E-state index < -0.39 is 17.2 Å². The molecule has 2 amide bonds. The fourth-order valence-corrected chi connectivity index (χ4v) is 3.31. The summed E-state index contributed by atoms with van der Waals surface area (Å²) in [7, 11) is 1.59. The molecule has 0 atom stereocenters. The number of benzene rings is 2. The summed E-state index contributed by atoms with van der Waals surface area (Å²) < 4.78 is 5.12. The summed E-state index contributed by atoms with van der Waals surface area (Å²) in [5.41, 5.74) is 0.971. The number of nitrogens with zero attached hydrogens (tertiary/aromatic N) is 2. The van der Waals surface area contributed by atoms with Crippen molar-refractivity contribution in [1.29, 1.82) is 0 Å². The first-order valence-electron chi connectivity index (χ1n) is 9.34. The largest absolute Gasteiger partial charge is 0.504 e. The molecule has 0 bridgehead atoms. The third-order valence-corrected chi connectivity index (χ3v) is 4.97. The average Bonchev–Trinajstić information content (AvgIpc) is 2.98. The molecule has 1 fully saturated rings. The Balaban J connectivity index is 1.62. The van der Waals surface area contributed by atoms with E-state index in [1.165, 1.54) is 0 Å². The summed E-state index contributed by atoms with van der Waals surface area (Å²) in [6.45, 7) is 1.74. The summed E-state index contributed by atoms with van der Waals surface area (Å²) in [5.74, 6) is -1.42. The molecule has 8 heteroatoms. The number of methoxy groups -OCH3 is 1. The van der Waals surface area contributed by atoms with Crippen LogP contribution < -0.4 is 4.74 Å². The van der Waals surface area contributed by atoms with Crippen LogP contribution in [0.4, 0.5) is 0 Å². The van der Waals surface area contributed by atoms with E-state index in [1.54, 1.807) is 16.9 Å². The lowest BCUT2D eigenvalue weighted by molar-refractivity contribution is -0.130. The topological polar surface area (TPSA) is 111 Å². The molecule has 2 aromatic carbocycles. The summed E-state index contributed by atoms with van der Waals surface area (Å²) in [4.78, 5) is 28.7. The fourth-order valence-electron chi connectivity index (χ4n) is 3.31. The van der Waals surface area contributed by atoms with Crippen molar-refractivity contribution in [3.05, 3.63) is 47.5 Å². The second kappa shape index (κ2) is 8.72. The highest BCUT2D eigenvalue weighted by Crippen LogP contribution is 2.35. The van der Waals surface area contributed by atoms with Gasteiger partial charge < -0.3 is 29.9 Å². The first-order valence-corrected chi connectivity index (χ1v) is 9.34. The van der Waals surface area contributed by atoms with Gasteiger partial charge in [0.25, 0.3) is 5.91 Å². The van der Waals surface area contributed by atoms with Crippen molar-refractivity contribution in [2.24, 2.45) is 0 Å². The Morgan fingerprint density at radius 3 is 2.14 bits per heavy atom. The van der Waals surface area contributed by atoms with E-state index in [9.17, 15) is 24.9 Å². The van der Waals surface area contributed by atoms with Crippen LogP contribution in [-0.4, -0.2) is 70.2 Å². The molecular formula is C21H24N2O6. The standard InChI is InChI=1S/C21H24N2O6/c1-29-16-5-3-14(4-6-16)11-19(26)22-7-2-8-23(10-9-22)21(28)15-12-17(24)20(27)18(25)13-15/h3-6,12-13,24-25,27H,2,7-11H2,1H3. The molecule has 29 heavy (non-hydrogen) atoms. The number of carbonyl (C=O) groups is 2. The molecule has 0 radical (unpaired) electrons. The van der Waals surface area contributed by atoms with E-state index >= 15 is 0 Å². The Bertz CT molecular complexity index is 874. The molecule has 8 nitrogen and oxygen atoms in total. The number of amides is 2. The van der Waals surface area contributed by atoms with Gasteiger partial charge in [-0.2, -0.15) is 0 Å². The van der Waals surface area contributed by atoms with Gasteiger partial charge in [0.05, 0.1) is 13.5 Å². The molecule has 1 saturated heterocycles. The van der Waals surface area contributed by atoms with Gasteiger partial charge in [-0.1, -0.05) is 12.1 Å². The predicted molar refractivity (Wildman–Crippen MR) is 105 cm³/mol. The number of rotatable bonds is 4. The Kier molecular flexibility index (Phi) is 6.11. The monoisotopic (exact) mass is 400 g/mol. The summed E-state index contributed by atoms with van der Waals surface area (Å²) in [6.07, 6.45) is 0.897. The van der Waals surface area contributed by atoms with Crippen molar-refractivity contribution < 1.29 is 29.6 Å². The lowest BCUT2D eigenvalue weighted by atomic mass is 10.1. The molecule has 154 valence electrons. The van der Waals surface area contributed by atoms with Crippen molar-refractivity contribution in [1.82, 2.24) is 9.80 Å². The highest BCUT2D eigenvalue weighted by atomic mass is 16.5. The maximum atomic E-state index is 12.7. The number of aromatic hydroxyl groups is 3. The second-order valence-corrected chi connectivity index (χ2v) is 6.91. The van der Waals surface area contributed by atoms with E-state index in [-0.39, 0.29) is 23.8 Å². The molecule has 0 aliphatic carbocycles. The minimum absolute atomic E-state index is 0.00983. The van der Waals surface area contributed by atoms with Crippen LogP contribution in [0.3, 0.4) is 0 Å². The minimum atomic E-state index is -0.660. The van der Waals surface area contributed by atoms with Crippen LogP contribution in [0.15, 0.2) is 36.4 Å². The normalized spacial score (nSPS) is 14.4. The van der Waals surface area contributed by atoms with Crippen molar-refractivity contribution in [3.63, 3.8) is 0 Å². The van der Waals surface area contributed by atoms with E-state index in [0.29, 0.717) is 32.6 Å². The first-order chi connectivity index (χ1) is 13.9. The quantitative estimate of drug-likeness (QED) is 0.674. The molecular weight excluding hydrogens is 376 g/mol. The van der Waals surface area contributed by atoms with E-state index in [4.69, 9.17) is 4.74 Å². The van der Waals surface area contributed by atoms with E-state index in [2.05, 4.69) is 0 Å². The van der Waals surface area contributed by atoms with Gasteiger partial charge in [0.2, 0.25) is 5.91 Å². The van der Waals surface area contributed by atoms with Gasteiger partial charge >= 0.3 is 0 Å². The Morgan fingerprint density at radius 2 is 1.52 bits per heavy atom. The fraction of sp³-hybridized carbons (Fsp3) is 0.333. The van der Waals surface area contributed by atoms with E-state index in [1.807, 2.05) is 24.3 Å². The van der Waals surface area contributed by atoms with Crippen molar-refractivity contribution in [3.8, 4) is 23.0 Å². The molecule has 1 heterocycles. The highest BCUT2D eigenvalue weighted by molar-refractivity contribution is 5.95. The van der Waals surface area contributed by atoms with Gasteiger partial charge in [-0.25, -0.2) is 0 Å². The summed E-state index contributed by atoms with van der Waals surface area (Å²) in [5, 5.41) is 28.7. The Hall–Kier alpha value is -3.42. The van der Waals surface area contributed by atoms with Gasteiger partial charge in [-0.05, 0) is 36.2 Å². The maximum absolute atomic E-state index is 12.7. The zero-order valence-corrected chi connectivity index (χ0v) is 16.2. The zero-order chi connectivity index (χ0) is 21.0. The van der Waals surface area contributed by atoms with Crippen LogP contribution in [0.25, 0.3) is 0 Å². The number of ether oxygens (including phenoxy) is 1. The summed E-state index contributed by atoms with van der Waals surface area (Å²) in [6, 6.07) is 9.58. The number of hydrogen-bond acceptors (Lipinski definition) is 6. The van der Waals surface area contributed by atoms with Crippen molar-refractivity contribution in [2.75, 3.05) is 33.3 Å². The van der Waals surface area contributed by atoms with E-state index in [0.717, 1.165) is 23.4 Å². The summed E-state index contributed by atoms with van der Waals surface area (Å²) >= 11 is 0. The van der Waals surface area contributed by atoms with Crippen LogP contribution in [0.1, 0.15) is 22.3 Å². The smallest absolute Gasteiger partial charge is 0.254 e. The Labute approximate surface area is 168 Å². The highest BCUT2D eigenvalue weighted by Gasteiger charge is 2.24. The lowest BCUT2D eigenvalue weighted by Crippen LogP contribution is -2.38. The third kappa shape index (κ3) is 4.71. The SMILES string of the molecule is COc1ccc(CC(=O)N2CCCN(C(=O)c3cc(O)c(O)c(O)c3)CC2)cc1. The van der Waals surface area contributed by atoms with Crippen LogP contribution in [0.2, 0.25) is 0 Å². The van der Waals surface area contributed by atoms with Crippen LogP contribution >= 0.6 is 0 Å². The molecule has 2 aromatic rings. The third-order valence-electron chi connectivity index (χ3n) is 4.97.